The van der Waals surface area contributed by atoms with E-state index in [1.165, 1.54) is 6.42 Å². The van der Waals surface area contributed by atoms with Crippen molar-refractivity contribution in [1.82, 2.24) is 25.2 Å². The number of pyridine rings is 1. The third-order valence-electron chi connectivity index (χ3n) is 11.6. The molecule has 4 N–H and O–H groups in total. The number of fused-ring (bicyclic) bond motifs is 2. The van der Waals surface area contributed by atoms with Gasteiger partial charge in [0, 0.05) is 36.0 Å². The minimum absolute atomic E-state index is 0.190. The zero-order valence-corrected chi connectivity index (χ0v) is 36.8. The molecule has 11 nitrogen and oxygen atoms in total. The number of carbonyl (C=O) groups excluding carboxylic acids is 1. The lowest BCUT2D eigenvalue weighted by Gasteiger charge is -2.42. The van der Waals surface area contributed by atoms with Gasteiger partial charge in [-0.25, -0.2) is 4.79 Å². The van der Waals surface area contributed by atoms with Crippen LogP contribution in [0.5, 0.6) is 11.5 Å². The number of ether oxygens (including phenoxy) is 1. The van der Waals surface area contributed by atoms with Gasteiger partial charge in [-0.3, -0.25) is 9.72 Å². The van der Waals surface area contributed by atoms with Gasteiger partial charge in [0.05, 0.1) is 17.3 Å². The molecule has 2 aliphatic rings. The minimum atomic E-state index is -2.23. The fourth-order valence-corrected chi connectivity index (χ4v) is 14.1. The number of aromatic nitrogens is 3. The number of rotatable bonds is 13. The Morgan fingerprint density at radius 3 is 2.26 bits per heavy atom. The van der Waals surface area contributed by atoms with Gasteiger partial charge in [-0.05, 0) is 90.2 Å². The quantitative estimate of drug-likeness (QED) is 0.0781. The van der Waals surface area contributed by atoms with Gasteiger partial charge in [-0.1, -0.05) is 98.2 Å². The molecule has 4 aromatic rings. The maximum absolute atomic E-state index is 13.8. The summed E-state index contributed by atoms with van der Waals surface area (Å²) in [4.78, 5) is 16.1. The van der Waals surface area contributed by atoms with Crippen LogP contribution in [0.1, 0.15) is 118 Å². The molecular weight excluding hydrogens is 752 g/mol. The van der Waals surface area contributed by atoms with E-state index in [2.05, 4.69) is 84.7 Å². The number of carbonyl (C=O) groups is 1. The summed E-state index contributed by atoms with van der Waals surface area (Å²) >= 11 is 6.89. The number of hydrogen-bond acceptors (Lipinski definition) is 8. The first-order chi connectivity index (χ1) is 27.1. The largest absolute Gasteiger partial charge is 0.542 e. The highest BCUT2D eigenvalue weighted by atomic mass is 35.5. The normalized spacial score (nSPS) is 17.8. The van der Waals surface area contributed by atoms with Gasteiger partial charge in [-0.15, -0.1) is 10.2 Å². The standard InChI is InChI=1S/C44H61ClN8O3Si/c1-28(2)57(29(3)4,30(5)6)56-38-20-17-31(25-35(38)45)47-40(26-39(46)44(7,8)9)49-42(54)48-36-19-21-37(34-16-12-11-15-33(34)36)55-32-18-22-41-50-51-43(53(41)27-32)52-23-13-10-14-24-52/h11-12,15-18,20,22,25-30,36-37,46-47H,10,13-14,19,21,23-24H2,1-9H3,(H2,48,49,54)/b40-26+,46-39?/t36-,37+/m0/s1. The zero-order chi connectivity index (χ0) is 41.1. The number of nitrogens with zero attached hydrogens (tertiary/aromatic N) is 4. The maximum atomic E-state index is 13.8. The number of benzene rings is 2. The summed E-state index contributed by atoms with van der Waals surface area (Å²) < 4.78 is 15.6. The molecule has 2 aromatic carbocycles. The molecule has 306 valence electrons. The van der Waals surface area contributed by atoms with Crippen molar-refractivity contribution in [3.63, 3.8) is 0 Å². The Balaban J connectivity index is 1.17. The summed E-state index contributed by atoms with van der Waals surface area (Å²) in [6.45, 7) is 21.3. The lowest BCUT2D eigenvalue weighted by Crippen LogP contribution is -2.50. The van der Waals surface area contributed by atoms with E-state index in [-0.39, 0.29) is 18.2 Å². The van der Waals surface area contributed by atoms with Gasteiger partial charge >= 0.3 is 6.03 Å². The van der Waals surface area contributed by atoms with Crippen molar-refractivity contribution >= 4 is 48.9 Å². The van der Waals surface area contributed by atoms with Crippen LogP contribution in [-0.4, -0.2) is 47.7 Å². The molecule has 2 amide bonds. The molecule has 6 rings (SSSR count). The molecule has 0 spiro atoms. The van der Waals surface area contributed by atoms with E-state index in [1.807, 2.05) is 73.8 Å². The number of hydrogen-bond donors (Lipinski definition) is 4. The first-order valence-corrected chi connectivity index (χ1v) is 23.1. The monoisotopic (exact) mass is 812 g/mol. The highest BCUT2D eigenvalue weighted by Gasteiger charge is 2.47. The molecule has 57 heavy (non-hydrogen) atoms. The molecule has 2 aromatic heterocycles. The van der Waals surface area contributed by atoms with E-state index in [0.29, 0.717) is 57.5 Å². The van der Waals surface area contributed by atoms with Gasteiger partial charge < -0.3 is 30.1 Å². The Labute approximate surface area is 344 Å². The number of urea groups is 1. The van der Waals surface area contributed by atoms with Crippen LogP contribution in [0.15, 0.2) is 72.7 Å². The highest BCUT2D eigenvalue weighted by molar-refractivity contribution is 6.78. The third-order valence-corrected chi connectivity index (χ3v) is 17.8. The first kappa shape index (κ1) is 42.1. The molecular formula is C44H61ClN8O3Si. The topological polar surface area (TPSA) is 129 Å². The number of anilines is 2. The number of nitrogens with one attached hydrogen (secondary N) is 4. The molecule has 1 aliphatic carbocycles. The average molecular weight is 814 g/mol. The van der Waals surface area contributed by atoms with Crippen molar-refractivity contribution in [2.24, 2.45) is 5.41 Å². The van der Waals surface area contributed by atoms with Crippen molar-refractivity contribution in [2.75, 3.05) is 23.3 Å². The van der Waals surface area contributed by atoms with E-state index in [1.54, 1.807) is 6.08 Å². The molecule has 0 bridgehead atoms. The molecule has 13 heteroatoms. The Bertz CT molecular complexity index is 2060. The summed E-state index contributed by atoms with van der Waals surface area (Å²) in [5.41, 5.74) is 4.61. The van der Waals surface area contributed by atoms with Crippen LogP contribution in [0.2, 0.25) is 21.6 Å². The smallest absolute Gasteiger partial charge is 0.320 e. The average Bonchev–Trinajstić information content (AvgIpc) is 3.58. The van der Waals surface area contributed by atoms with E-state index in [0.717, 1.165) is 54.4 Å². The lowest BCUT2D eigenvalue weighted by atomic mass is 9.85. The molecule has 1 saturated heterocycles. The van der Waals surface area contributed by atoms with E-state index < -0.39 is 13.7 Å². The summed E-state index contributed by atoms with van der Waals surface area (Å²) in [6, 6.07) is 17.0. The van der Waals surface area contributed by atoms with Crippen molar-refractivity contribution in [3.8, 4) is 11.5 Å². The number of halogens is 1. The van der Waals surface area contributed by atoms with E-state index in [4.69, 9.17) is 26.2 Å². The van der Waals surface area contributed by atoms with Crippen LogP contribution in [0, 0.1) is 10.8 Å². The van der Waals surface area contributed by atoms with Gasteiger partial charge in [0.1, 0.15) is 23.4 Å². The summed E-state index contributed by atoms with van der Waals surface area (Å²) in [5.74, 6) is 2.63. The van der Waals surface area contributed by atoms with Crippen LogP contribution in [-0.2, 0) is 0 Å². The van der Waals surface area contributed by atoms with Crippen molar-refractivity contribution in [2.45, 2.75) is 123 Å². The molecule has 3 heterocycles. The van der Waals surface area contributed by atoms with Crippen LogP contribution >= 0.6 is 11.6 Å². The predicted octanol–water partition coefficient (Wildman–Crippen LogP) is 11.2. The fourth-order valence-electron chi connectivity index (χ4n) is 8.57. The van der Waals surface area contributed by atoms with Gasteiger partial charge in [0.15, 0.2) is 5.65 Å². The third kappa shape index (κ3) is 9.44. The molecule has 0 unspecified atom stereocenters. The SMILES string of the molecule is CC(C)[Si](Oc1ccc(N/C(=C\C(=N)C(C)(C)C)NC(=O)N[C@H]2CC[C@@H](Oc3ccc4nnc(N5CCCCC5)n4c3)c3ccccc32)cc1Cl)(C(C)C)C(C)C. The van der Waals surface area contributed by atoms with Crippen molar-refractivity contribution < 1.29 is 14.0 Å². The van der Waals surface area contributed by atoms with Crippen LogP contribution in [0.4, 0.5) is 16.4 Å². The minimum Gasteiger partial charge on any atom is -0.542 e. The number of piperidine rings is 1. The van der Waals surface area contributed by atoms with Crippen LogP contribution in [0.25, 0.3) is 5.65 Å². The predicted molar refractivity (Wildman–Crippen MR) is 235 cm³/mol. The Morgan fingerprint density at radius 2 is 1.61 bits per heavy atom. The number of allylic oxidation sites excluding steroid dienone is 1. The second kappa shape index (κ2) is 17.5. The van der Waals surface area contributed by atoms with Crippen molar-refractivity contribution in [3.05, 3.63) is 88.8 Å². The molecule has 1 aliphatic heterocycles. The van der Waals surface area contributed by atoms with Crippen LogP contribution in [0.3, 0.4) is 0 Å². The fraction of sp³-hybridized carbons (Fsp3) is 0.500. The van der Waals surface area contributed by atoms with Gasteiger partial charge in [-0.2, -0.15) is 0 Å². The second-order valence-electron chi connectivity index (χ2n) is 17.5. The highest BCUT2D eigenvalue weighted by Crippen LogP contribution is 2.45. The Morgan fingerprint density at radius 1 is 0.930 bits per heavy atom. The molecule has 0 radical (unpaired) electrons. The lowest BCUT2D eigenvalue weighted by molar-refractivity contribution is 0.171. The molecule has 2 atom stereocenters. The van der Waals surface area contributed by atoms with Crippen molar-refractivity contribution in [1.29, 1.82) is 5.41 Å². The first-order valence-electron chi connectivity index (χ1n) is 20.6. The summed E-state index contributed by atoms with van der Waals surface area (Å²) in [5, 5.41) is 27.7. The number of amides is 2. The molecule has 0 saturated carbocycles. The Kier molecular flexibility index (Phi) is 12.9. The zero-order valence-electron chi connectivity index (χ0n) is 35.1. The van der Waals surface area contributed by atoms with E-state index in [9.17, 15) is 4.79 Å². The van der Waals surface area contributed by atoms with E-state index >= 15 is 0 Å². The summed E-state index contributed by atoms with van der Waals surface area (Å²) in [7, 11) is -2.23. The second-order valence-corrected chi connectivity index (χ2v) is 23.3. The maximum Gasteiger partial charge on any atom is 0.320 e. The van der Waals surface area contributed by atoms with Gasteiger partial charge in [0.25, 0.3) is 8.32 Å². The molecule has 1 fully saturated rings. The van der Waals surface area contributed by atoms with Crippen LogP contribution < -0.4 is 30.0 Å². The van der Waals surface area contributed by atoms with Gasteiger partial charge in [0.2, 0.25) is 5.95 Å². The summed E-state index contributed by atoms with van der Waals surface area (Å²) in [6.07, 6.45) is 8.40. The Hall–Kier alpha value is -4.55.